The number of carbonyl (C=O) groups is 1. The molecule has 0 aliphatic heterocycles. The van der Waals surface area contributed by atoms with Crippen molar-refractivity contribution in [2.45, 2.75) is 26.8 Å². The summed E-state index contributed by atoms with van der Waals surface area (Å²) in [5, 5.41) is 9.28. The third kappa shape index (κ3) is 3.41. The molecule has 0 aliphatic rings. The van der Waals surface area contributed by atoms with E-state index < -0.39 is 0 Å². The van der Waals surface area contributed by atoms with Crippen molar-refractivity contribution in [1.29, 1.82) is 0 Å². The third-order valence-corrected chi connectivity index (χ3v) is 5.01. The molecule has 1 N–H and O–H groups in total. The van der Waals surface area contributed by atoms with Crippen LogP contribution in [0.3, 0.4) is 0 Å². The van der Waals surface area contributed by atoms with Gasteiger partial charge in [0.15, 0.2) is 0 Å². The average molecular weight is 348 g/mol. The summed E-state index contributed by atoms with van der Waals surface area (Å²) in [5.41, 5.74) is 2.07. The Labute approximate surface area is 144 Å². The maximum Gasteiger partial charge on any atom is 0.261 e. The van der Waals surface area contributed by atoms with E-state index in [2.05, 4.69) is 10.4 Å². The lowest BCUT2D eigenvalue weighted by molar-refractivity contribution is 0.0958. The predicted molar refractivity (Wildman–Crippen MR) is 95.5 cm³/mol. The second kappa shape index (κ2) is 6.72. The molecule has 6 heteroatoms. The molecule has 3 rings (SSSR count). The first kappa shape index (κ1) is 16.0. The van der Waals surface area contributed by atoms with Crippen molar-refractivity contribution < 1.29 is 4.79 Å². The van der Waals surface area contributed by atoms with E-state index in [1.54, 1.807) is 0 Å². The average Bonchev–Trinajstić information content (AvgIpc) is 3.09. The lowest BCUT2D eigenvalue weighted by atomic mass is 10.2. The number of aromatic nitrogens is 2. The van der Waals surface area contributed by atoms with Gasteiger partial charge in [-0.1, -0.05) is 30.7 Å². The van der Waals surface area contributed by atoms with Gasteiger partial charge in [0.25, 0.3) is 5.91 Å². The van der Waals surface area contributed by atoms with Crippen LogP contribution >= 0.6 is 22.9 Å². The van der Waals surface area contributed by atoms with Gasteiger partial charge < -0.3 is 5.32 Å². The van der Waals surface area contributed by atoms with Crippen LogP contribution in [-0.4, -0.2) is 22.2 Å². The van der Waals surface area contributed by atoms with Gasteiger partial charge >= 0.3 is 0 Å². The molecule has 1 aromatic carbocycles. The molecule has 0 spiro atoms. The molecule has 0 atom stereocenters. The van der Waals surface area contributed by atoms with E-state index in [0.717, 1.165) is 37.8 Å². The SMILES string of the molecule is CCCNC(=O)c1cc2c(C)nn(Cc3ccc(Cl)cc3)c2s1. The molecule has 0 unspecified atom stereocenters. The van der Waals surface area contributed by atoms with Crippen molar-refractivity contribution in [2.24, 2.45) is 0 Å². The Kier molecular flexibility index (Phi) is 4.68. The summed E-state index contributed by atoms with van der Waals surface area (Å²) in [6.07, 6.45) is 0.931. The lowest BCUT2D eigenvalue weighted by Crippen LogP contribution is -2.22. The molecule has 0 fully saturated rings. The van der Waals surface area contributed by atoms with Gasteiger partial charge in [-0.15, -0.1) is 11.3 Å². The first-order chi connectivity index (χ1) is 11.1. The number of fused-ring (bicyclic) bond motifs is 1. The van der Waals surface area contributed by atoms with Crippen LogP contribution in [0.25, 0.3) is 10.2 Å². The minimum absolute atomic E-state index is 0.00880. The molecule has 23 heavy (non-hydrogen) atoms. The van der Waals surface area contributed by atoms with Crippen molar-refractivity contribution in [3.8, 4) is 0 Å². The smallest absolute Gasteiger partial charge is 0.261 e. The molecule has 120 valence electrons. The zero-order valence-electron chi connectivity index (χ0n) is 13.1. The van der Waals surface area contributed by atoms with Crippen LogP contribution in [0.2, 0.25) is 5.02 Å². The standard InChI is InChI=1S/C17H18ClN3OS/c1-3-8-19-16(22)15-9-14-11(2)20-21(17(14)23-15)10-12-4-6-13(18)7-5-12/h4-7,9H,3,8,10H2,1-2H3,(H,19,22). The molecule has 0 saturated heterocycles. The number of hydrogen-bond acceptors (Lipinski definition) is 3. The van der Waals surface area contributed by atoms with Gasteiger partial charge in [0.05, 0.1) is 17.1 Å². The van der Waals surface area contributed by atoms with Gasteiger partial charge in [-0.25, -0.2) is 0 Å². The topological polar surface area (TPSA) is 46.9 Å². The summed E-state index contributed by atoms with van der Waals surface area (Å²) in [5.74, 6) is -0.00880. The zero-order valence-corrected chi connectivity index (χ0v) is 14.7. The summed E-state index contributed by atoms with van der Waals surface area (Å²) in [6.45, 7) is 5.38. The van der Waals surface area contributed by atoms with Crippen molar-refractivity contribution in [2.75, 3.05) is 6.54 Å². The van der Waals surface area contributed by atoms with E-state index in [1.807, 2.05) is 48.9 Å². The quantitative estimate of drug-likeness (QED) is 0.750. The number of nitrogens with one attached hydrogen (secondary N) is 1. The molecule has 0 aliphatic carbocycles. The predicted octanol–water partition coefficient (Wildman–Crippen LogP) is 4.25. The Morgan fingerprint density at radius 3 is 2.78 bits per heavy atom. The maximum atomic E-state index is 12.1. The number of halogens is 1. The van der Waals surface area contributed by atoms with Gasteiger partial charge in [-0.05, 0) is 37.1 Å². The summed E-state index contributed by atoms with van der Waals surface area (Å²) >= 11 is 7.42. The molecule has 1 amide bonds. The Balaban J connectivity index is 1.90. The fourth-order valence-electron chi connectivity index (χ4n) is 2.42. The van der Waals surface area contributed by atoms with Crippen molar-refractivity contribution in [1.82, 2.24) is 15.1 Å². The summed E-state index contributed by atoms with van der Waals surface area (Å²) in [4.78, 5) is 13.9. The van der Waals surface area contributed by atoms with E-state index in [-0.39, 0.29) is 5.91 Å². The minimum Gasteiger partial charge on any atom is -0.351 e. The molecule has 2 heterocycles. The molecule has 0 bridgehead atoms. The van der Waals surface area contributed by atoms with Gasteiger partial charge in [-0.3, -0.25) is 9.48 Å². The highest BCUT2D eigenvalue weighted by atomic mass is 35.5. The van der Waals surface area contributed by atoms with Crippen molar-refractivity contribution >= 4 is 39.1 Å². The molecule has 0 radical (unpaired) electrons. The fraction of sp³-hybridized carbons (Fsp3) is 0.294. The minimum atomic E-state index is -0.00880. The van der Waals surface area contributed by atoms with Crippen molar-refractivity contribution in [3.63, 3.8) is 0 Å². The lowest BCUT2D eigenvalue weighted by Gasteiger charge is -2.03. The van der Waals surface area contributed by atoms with E-state index in [9.17, 15) is 4.79 Å². The first-order valence-corrected chi connectivity index (χ1v) is 8.77. The maximum absolute atomic E-state index is 12.1. The monoisotopic (exact) mass is 347 g/mol. The Morgan fingerprint density at radius 1 is 1.35 bits per heavy atom. The number of thiophene rings is 1. The second-order valence-electron chi connectivity index (χ2n) is 5.45. The van der Waals surface area contributed by atoms with Gasteiger partial charge in [0, 0.05) is 17.0 Å². The van der Waals surface area contributed by atoms with Gasteiger partial charge in [0.2, 0.25) is 0 Å². The Hall–Kier alpha value is -1.85. The first-order valence-electron chi connectivity index (χ1n) is 7.58. The van der Waals surface area contributed by atoms with Crippen LogP contribution in [0.5, 0.6) is 0 Å². The van der Waals surface area contributed by atoms with Crippen LogP contribution in [0.15, 0.2) is 30.3 Å². The molecule has 4 nitrogen and oxygen atoms in total. The molecular formula is C17H18ClN3OS. The van der Waals surface area contributed by atoms with Crippen LogP contribution < -0.4 is 5.32 Å². The zero-order chi connectivity index (χ0) is 16.4. The number of carbonyl (C=O) groups excluding carboxylic acids is 1. The van der Waals surface area contributed by atoms with Crippen molar-refractivity contribution in [3.05, 3.63) is 51.5 Å². The number of nitrogens with zero attached hydrogens (tertiary/aromatic N) is 2. The van der Waals surface area contributed by atoms with Crippen LogP contribution in [0, 0.1) is 6.92 Å². The molecule has 3 aromatic rings. The molecule has 0 saturated carbocycles. The van der Waals surface area contributed by atoms with Crippen LogP contribution in [-0.2, 0) is 6.54 Å². The summed E-state index contributed by atoms with van der Waals surface area (Å²) < 4.78 is 1.95. The summed E-state index contributed by atoms with van der Waals surface area (Å²) in [7, 11) is 0. The van der Waals surface area contributed by atoms with E-state index in [0.29, 0.717) is 13.1 Å². The largest absolute Gasteiger partial charge is 0.351 e. The highest BCUT2D eigenvalue weighted by Crippen LogP contribution is 2.29. The molecule has 2 aromatic heterocycles. The highest BCUT2D eigenvalue weighted by molar-refractivity contribution is 7.20. The molecular weight excluding hydrogens is 330 g/mol. The van der Waals surface area contributed by atoms with Crippen LogP contribution in [0.4, 0.5) is 0 Å². The fourth-order valence-corrected chi connectivity index (χ4v) is 3.62. The Bertz CT molecular complexity index is 836. The second-order valence-corrected chi connectivity index (χ2v) is 6.92. The number of amides is 1. The highest BCUT2D eigenvalue weighted by Gasteiger charge is 2.16. The van der Waals surface area contributed by atoms with E-state index >= 15 is 0 Å². The van der Waals surface area contributed by atoms with E-state index in [1.165, 1.54) is 11.3 Å². The number of benzene rings is 1. The van der Waals surface area contributed by atoms with Gasteiger partial charge in [-0.2, -0.15) is 5.10 Å². The number of aryl methyl sites for hydroxylation is 1. The van der Waals surface area contributed by atoms with Gasteiger partial charge in [0.1, 0.15) is 4.83 Å². The van der Waals surface area contributed by atoms with E-state index in [4.69, 9.17) is 11.6 Å². The normalized spacial score (nSPS) is 11.1. The Morgan fingerprint density at radius 2 is 2.09 bits per heavy atom. The van der Waals surface area contributed by atoms with Crippen LogP contribution in [0.1, 0.15) is 34.3 Å². The number of hydrogen-bond donors (Lipinski definition) is 1. The number of rotatable bonds is 5. The third-order valence-electron chi connectivity index (χ3n) is 3.61. The summed E-state index contributed by atoms with van der Waals surface area (Å²) in [6, 6.07) is 9.68.